The summed E-state index contributed by atoms with van der Waals surface area (Å²) in [7, 11) is 3.26. The van der Waals surface area contributed by atoms with Crippen molar-refractivity contribution in [3.63, 3.8) is 0 Å². The van der Waals surface area contributed by atoms with Gasteiger partial charge in [-0.1, -0.05) is 12.1 Å². The van der Waals surface area contributed by atoms with Gasteiger partial charge in [-0.15, -0.1) is 0 Å². The molecule has 158 valence electrons. The Morgan fingerprint density at radius 1 is 1.07 bits per heavy atom. The quantitative estimate of drug-likeness (QED) is 0.523. The number of ether oxygens (including phenoxy) is 2. The van der Waals surface area contributed by atoms with Crippen molar-refractivity contribution in [3.05, 3.63) is 58.9 Å². The van der Waals surface area contributed by atoms with Gasteiger partial charge in [-0.2, -0.15) is 5.10 Å². The van der Waals surface area contributed by atoms with E-state index in [4.69, 9.17) is 21.7 Å². The van der Waals surface area contributed by atoms with Gasteiger partial charge in [0.05, 0.1) is 14.2 Å². The molecule has 1 heterocycles. The van der Waals surface area contributed by atoms with Gasteiger partial charge >= 0.3 is 0 Å². The van der Waals surface area contributed by atoms with Crippen LogP contribution in [0.4, 0.5) is 0 Å². The fourth-order valence-corrected chi connectivity index (χ4v) is 3.40. The lowest BCUT2D eigenvalue weighted by Crippen LogP contribution is -2.31. The molecule has 2 aromatic carbocycles. The highest BCUT2D eigenvalue weighted by Gasteiger charge is 2.15. The van der Waals surface area contributed by atoms with Crippen LogP contribution in [0.15, 0.2) is 48.5 Å². The van der Waals surface area contributed by atoms with Crippen LogP contribution in [-0.4, -0.2) is 46.3 Å². The van der Waals surface area contributed by atoms with Crippen molar-refractivity contribution in [1.82, 2.24) is 19.7 Å². The molecular weight excluding hydrogens is 400 g/mol. The van der Waals surface area contributed by atoms with E-state index in [0.717, 1.165) is 22.6 Å². The zero-order chi connectivity index (χ0) is 21.5. The molecular formula is C22H26N4O3S. The van der Waals surface area contributed by atoms with Gasteiger partial charge in [0.25, 0.3) is 0 Å². The molecule has 1 N–H and O–H groups in total. The largest absolute Gasteiger partial charge is 0.497 e. The smallest absolute Gasteiger partial charge is 0.224 e. The molecule has 0 saturated heterocycles. The summed E-state index contributed by atoms with van der Waals surface area (Å²) in [6.45, 7) is 3.62. The molecule has 0 unspecified atom stereocenters. The number of methoxy groups -OCH3 is 2. The maximum absolute atomic E-state index is 12.8. The highest BCUT2D eigenvalue weighted by atomic mass is 32.1. The van der Waals surface area contributed by atoms with Crippen molar-refractivity contribution in [3.8, 4) is 22.9 Å². The molecule has 0 radical (unpaired) electrons. The highest BCUT2D eigenvalue weighted by Crippen LogP contribution is 2.21. The van der Waals surface area contributed by atoms with Crippen molar-refractivity contribution in [1.29, 1.82) is 0 Å². The normalized spacial score (nSPS) is 10.6. The zero-order valence-corrected chi connectivity index (χ0v) is 18.2. The van der Waals surface area contributed by atoms with E-state index in [2.05, 4.69) is 10.2 Å². The fraction of sp³-hybridized carbons (Fsp3) is 0.318. The standard InChI is InChI=1S/C22H26N4O3S/c1-4-25(15-16-5-9-18(28-2)10-6-16)20(27)13-14-26-21(23-24-22(26)30)17-7-11-19(29-3)12-8-17/h5-12H,4,13-15H2,1-3H3,(H,24,30). The average molecular weight is 427 g/mol. The molecule has 0 aliphatic rings. The Morgan fingerprint density at radius 3 is 2.23 bits per heavy atom. The van der Waals surface area contributed by atoms with Crippen LogP contribution in [0, 0.1) is 4.77 Å². The number of carbonyl (C=O) groups excluding carboxylic acids is 1. The van der Waals surface area contributed by atoms with Crippen molar-refractivity contribution in [2.45, 2.75) is 26.4 Å². The van der Waals surface area contributed by atoms with E-state index in [1.807, 2.05) is 64.9 Å². The Hall–Kier alpha value is -3.13. The summed E-state index contributed by atoms with van der Waals surface area (Å²) in [4.78, 5) is 14.7. The first-order valence-electron chi connectivity index (χ1n) is 9.76. The first-order chi connectivity index (χ1) is 14.5. The van der Waals surface area contributed by atoms with Gasteiger partial charge in [0.2, 0.25) is 5.91 Å². The van der Waals surface area contributed by atoms with Gasteiger partial charge in [-0.25, -0.2) is 0 Å². The van der Waals surface area contributed by atoms with Gasteiger partial charge < -0.3 is 14.4 Å². The minimum atomic E-state index is 0.0668. The van der Waals surface area contributed by atoms with Crippen LogP contribution < -0.4 is 9.47 Å². The molecule has 3 rings (SSSR count). The van der Waals surface area contributed by atoms with E-state index in [9.17, 15) is 4.79 Å². The number of benzene rings is 2. The molecule has 0 saturated carbocycles. The molecule has 30 heavy (non-hydrogen) atoms. The SMILES string of the molecule is CCN(Cc1ccc(OC)cc1)C(=O)CCn1c(-c2ccc(OC)cc2)n[nH]c1=S. The minimum Gasteiger partial charge on any atom is -0.497 e. The Morgan fingerprint density at radius 2 is 1.67 bits per heavy atom. The van der Waals surface area contributed by atoms with Crippen LogP contribution >= 0.6 is 12.2 Å². The summed E-state index contributed by atoms with van der Waals surface area (Å²) >= 11 is 5.38. The number of carbonyl (C=O) groups is 1. The lowest BCUT2D eigenvalue weighted by atomic mass is 10.2. The van der Waals surface area contributed by atoms with E-state index < -0.39 is 0 Å². The number of nitrogens with zero attached hydrogens (tertiary/aromatic N) is 3. The Balaban J connectivity index is 1.68. The van der Waals surface area contributed by atoms with Crippen LogP contribution in [0.5, 0.6) is 11.5 Å². The van der Waals surface area contributed by atoms with E-state index in [-0.39, 0.29) is 5.91 Å². The first kappa shape index (κ1) is 21.6. The number of nitrogens with one attached hydrogen (secondary N) is 1. The number of aromatic nitrogens is 3. The number of aromatic amines is 1. The van der Waals surface area contributed by atoms with E-state index >= 15 is 0 Å². The molecule has 1 amide bonds. The van der Waals surface area contributed by atoms with Crippen LogP contribution in [0.2, 0.25) is 0 Å². The van der Waals surface area contributed by atoms with Gasteiger partial charge in [0, 0.05) is 31.6 Å². The van der Waals surface area contributed by atoms with Crippen molar-refractivity contribution >= 4 is 18.1 Å². The van der Waals surface area contributed by atoms with Gasteiger partial charge in [-0.05, 0) is 61.1 Å². The van der Waals surface area contributed by atoms with Crippen LogP contribution in [0.1, 0.15) is 18.9 Å². The van der Waals surface area contributed by atoms with Gasteiger partial charge in [0.15, 0.2) is 10.6 Å². The summed E-state index contributed by atoms with van der Waals surface area (Å²) in [5.41, 5.74) is 1.96. The summed E-state index contributed by atoms with van der Waals surface area (Å²) in [5, 5.41) is 7.17. The van der Waals surface area contributed by atoms with Crippen molar-refractivity contribution in [2.75, 3.05) is 20.8 Å². The van der Waals surface area contributed by atoms with Crippen LogP contribution in [0.25, 0.3) is 11.4 Å². The third kappa shape index (κ3) is 5.07. The Kier molecular flexibility index (Phi) is 7.24. The highest BCUT2D eigenvalue weighted by molar-refractivity contribution is 7.71. The molecule has 7 nitrogen and oxygen atoms in total. The van der Waals surface area contributed by atoms with Gasteiger partial charge in [0.1, 0.15) is 11.5 Å². The molecule has 3 aromatic rings. The number of H-pyrrole nitrogens is 1. The van der Waals surface area contributed by atoms with Crippen molar-refractivity contribution in [2.24, 2.45) is 0 Å². The molecule has 8 heteroatoms. The summed E-state index contributed by atoms with van der Waals surface area (Å²) in [5.74, 6) is 2.34. The Bertz CT molecular complexity index is 1030. The summed E-state index contributed by atoms with van der Waals surface area (Å²) in [6, 6.07) is 15.3. The van der Waals surface area contributed by atoms with E-state index in [0.29, 0.717) is 36.7 Å². The lowest BCUT2D eigenvalue weighted by molar-refractivity contribution is -0.131. The van der Waals surface area contributed by atoms with Crippen LogP contribution in [0.3, 0.4) is 0 Å². The second kappa shape index (κ2) is 10.1. The van der Waals surface area contributed by atoms with E-state index in [1.165, 1.54) is 0 Å². The van der Waals surface area contributed by atoms with Gasteiger partial charge in [-0.3, -0.25) is 14.5 Å². The summed E-state index contributed by atoms with van der Waals surface area (Å²) < 4.78 is 12.7. The van der Waals surface area contributed by atoms with Crippen LogP contribution in [-0.2, 0) is 17.9 Å². The molecule has 0 bridgehead atoms. The topological polar surface area (TPSA) is 72.4 Å². The molecule has 1 aromatic heterocycles. The fourth-order valence-electron chi connectivity index (χ4n) is 3.18. The van der Waals surface area contributed by atoms with Crippen molar-refractivity contribution < 1.29 is 14.3 Å². The number of rotatable bonds is 9. The third-order valence-corrected chi connectivity index (χ3v) is 5.23. The predicted octanol–water partition coefficient (Wildman–Crippen LogP) is 4.06. The molecule has 0 atom stereocenters. The predicted molar refractivity (Wildman–Crippen MR) is 118 cm³/mol. The number of amides is 1. The maximum atomic E-state index is 12.8. The number of hydrogen-bond donors (Lipinski definition) is 1. The van der Waals surface area contributed by atoms with E-state index in [1.54, 1.807) is 14.2 Å². The monoisotopic (exact) mass is 426 g/mol. The molecule has 0 aliphatic heterocycles. The lowest BCUT2D eigenvalue weighted by Gasteiger charge is -2.21. The second-order valence-corrected chi connectivity index (χ2v) is 7.13. The molecule has 0 fully saturated rings. The second-order valence-electron chi connectivity index (χ2n) is 6.74. The molecule has 0 spiro atoms. The molecule has 0 aliphatic carbocycles. The summed E-state index contributed by atoms with van der Waals surface area (Å²) in [6.07, 6.45) is 0.334. The minimum absolute atomic E-state index is 0.0668. The Labute approximate surface area is 181 Å². The zero-order valence-electron chi connectivity index (χ0n) is 17.4. The first-order valence-corrected chi connectivity index (χ1v) is 10.2. The number of hydrogen-bond acceptors (Lipinski definition) is 5. The third-order valence-electron chi connectivity index (χ3n) is 4.92. The average Bonchev–Trinajstić information content (AvgIpc) is 3.16. The maximum Gasteiger partial charge on any atom is 0.224 e.